The minimum atomic E-state index is -0.897. The first-order valence-corrected chi connectivity index (χ1v) is 7.50. The summed E-state index contributed by atoms with van der Waals surface area (Å²) in [4.78, 5) is 12.3. The number of carbonyl (C=O) groups is 1. The zero-order chi connectivity index (χ0) is 14.0. The zero-order valence-electron chi connectivity index (χ0n) is 10.6. The van der Waals surface area contributed by atoms with Crippen LogP contribution in [-0.4, -0.2) is 11.1 Å². The van der Waals surface area contributed by atoms with Crippen LogP contribution in [-0.2, 0) is 0 Å². The van der Waals surface area contributed by atoms with Gasteiger partial charge in [0.15, 0.2) is 0 Å². The number of hydrogen-bond acceptors (Lipinski definition) is 3. The smallest absolute Gasteiger partial charge is 0.336 e. The highest BCUT2D eigenvalue weighted by molar-refractivity contribution is 9.10. The molecule has 2 aromatic rings. The number of carboxylic acids is 1. The molecule has 0 amide bonds. The summed E-state index contributed by atoms with van der Waals surface area (Å²) in [5.74, 6) is -0.897. The summed E-state index contributed by atoms with van der Waals surface area (Å²) in [6.45, 7) is 3.88. The summed E-state index contributed by atoms with van der Waals surface area (Å²) in [5.41, 5.74) is 1.95. The van der Waals surface area contributed by atoms with E-state index in [1.807, 2.05) is 24.4 Å². The Kier molecular flexibility index (Phi) is 4.27. The van der Waals surface area contributed by atoms with Gasteiger partial charge in [0.25, 0.3) is 0 Å². The molecule has 0 radical (unpaired) electrons. The molecule has 0 aliphatic heterocycles. The van der Waals surface area contributed by atoms with Gasteiger partial charge < -0.3 is 10.4 Å². The third kappa shape index (κ3) is 2.98. The highest BCUT2D eigenvalue weighted by Crippen LogP contribution is 2.32. The lowest BCUT2D eigenvalue weighted by molar-refractivity contribution is 0.0696. The van der Waals surface area contributed by atoms with E-state index in [2.05, 4.69) is 28.2 Å². The fourth-order valence-corrected chi connectivity index (χ4v) is 3.66. The molecule has 1 aromatic heterocycles. The summed E-state index contributed by atoms with van der Waals surface area (Å²) in [6.07, 6.45) is 0. The van der Waals surface area contributed by atoms with E-state index in [1.54, 1.807) is 23.5 Å². The van der Waals surface area contributed by atoms with Crippen molar-refractivity contribution in [2.75, 3.05) is 5.32 Å². The van der Waals surface area contributed by atoms with Crippen molar-refractivity contribution in [3.05, 3.63) is 50.1 Å². The van der Waals surface area contributed by atoms with Crippen LogP contribution in [0.1, 0.15) is 33.8 Å². The first kappa shape index (κ1) is 14.1. The van der Waals surface area contributed by atoms with Gasteiger partial charge in [-0.1, -0.05) is 6.07 Å². The maximum absolute atomic E-state index is 11.1. The Hall–Kier alpha value is -1.33. The Morgan fingerprint density at radius 3 is 2.74 bits per heavy atom. The average molecular weight is 340 g/mol. The summed E-state index contributed by atoms with van der Waals surface area (Å²) in [6, 6.07) is 7.42. The van der Waals surface area contributed by atoms with Crippen LogP contribution in [0, 0.1) is 6.92 Å². The number of anilines is 1. The van der Waals surface area contributed by atoms with Crippen molar-refractivity contribution in [3.8, 4) is 0 Å². The molecule has 2 rings (SSSR count). The molecule has 1 heterocycles. The highest BCUT2D eigenvalue weighted by atomic mass is 79.9. The second-order valence-corrected chi connectivity index (χ2v) is 6.08. The van der Waals surface area contributed by atoms with E-state index in [4.69, 9.17) is 5.11 Å². The third-order valence-corrected chi connectivity index (χ3v) is 5.03. The van der Waals surface area contributed by atoms with E-state index in [0.29, 0.717) is 5.56 Å². The van der Waals surface area contributed by atoms with Crippen LogP contribution in [0.5, 0.6) is 0 Å². The molecule has 0 aliphatic rings. The topological polar surface area (TPSA) is 49.3 Å². The minimum Gasteiger partial charge on any atom is -0.478 e. The Labute approximate surface area is 124 Å². The van der Waals surface area contributed by atoms with E-state index < -0.39 is 5.97 Å². The lowest BCUT2D eigenvalue weighted by atomic mass is 10.1. The molecule has 0 spiro atoms. The van der Waals surface area contributed by atoms with Crippen LogP contribution in [0.15, 0.2) is 34.1 Å². The van der Waals surface area contributed by atoms with E-state index >= 15 is 0 Å². The van der Waals surface area contributed by atoms with Crippen LogP contribution < -0.4 is 5.32 Å². The fourth-order valence-electron chi connectivity index (χ4n) is 1.94. The van der Waals surface area contributed by atoms with Crippen molar-refractivity contribution in [2.24, 2.45) is 0 Å². The predicted molar refractivity (Wildman–Crippen MR) is 82.2 cm³/mol. The number of nitrogens with one attached hydrogen (secondary N) is 1. The second kappa shape index (κ2) is 5.75. The van der Waals surface area contributed by atoms with Crippen molar-refractivity contribution in [1.29, 1.82) is 0 Å². The first-order valence-electron chi connectivity index (χ1n) is 5.83. The van der Waals surface area contributed by atoms with Crippen LogP contribution >= 0.6 is 27.3 Å². The Morgan fingerprint density at radius 2 is 2.16 bits per heavy atom. The number of thiophene rings is 1. The molecule has 0 fully saturated rings. The first-order chi connectivity index (χ1) is 9.00. The van der Waals surface area contributed by atoms with Gasteiger partial charge in [0.05, 0.1) is 11.6 Å². The molecule has 5 heteroatoms. The summed E-state index contributed by atoms with van der Waals surface area (Å²) >= 11 is 5.18. The number of halogens is 1. The standard InChI is InChI=1S/C14H14BrNO2S/c1-8-10(14(17)18)4-3-5-12(8)16-9(2)13-11(15)6-7-19-13/h3-7,9,16H,1-2H3,(H,17,18). The van der Waals surface area contributed by atoms with E-state index in [9.17, 15) is 4.79 Å². The molecule has 0 bridgehead atoms. The molecule has 2 N–H and O–H groups in total. The van der Waals surface area contributed by atoms with Gasteiger partial charge in [-0.3, -0.25) is 0 Å². The van der Waals surface area contributed by atoms with Gasteiger partial charge in [0, 0.05) is 15.0 Å². The Balaban J connectivity index is 2.27. The molecular formula is C14H14BrNO2S. The molecule has 0 saturated carbocycles. The maximum atomic E-state index is 11.1. The predicted octanol–water partition coefficient (Wildman–Crippen LogP) is 4.69. The monoisotopic (exact) mass is 339 g/mol. The molecule has 0 saturated heterocycles. The van der Waals surface area contributed by atoms with Gasteiger partial charge in [0.2, 0.25) is 0 Å². The number of rotatable bonds is 4. The number of aromatic carboxylic acids is 1. The molecule has 3 nitrogen and oxygen atoms in total. The van der Waals surface area contributed by atoms with Gasteiger partial charge in [0.1, 0.15) is 0 Å². The van der Waals surface area contributed by atoms with E-state index in [0.717, 1.165) is 15.7 Å². The van der Waals surface area contributed by atoms with Gasteiger partial charge in [-0.15, -0.1) is 11.3 Å². The summed E-state index contributed by atoms with van der Waals surface area (Å²) in [5, 5.41) is 14.5. The molecule has 1 aromatic carbocycles. The summed E-state index contributed by atoms with van der Waals surface area (Å²) < 4.78 is 1.07. The number of hydrogen-bond donors (Lipinski definition) is 2. The molecular weight excluding hydrogens is 326 g/mol. The van der Waals surface area contributed by atoms with Crippen LogP contribution in [0.2, 0.25) is 0 Å². The normalized spacial score (nSPS) is 12.2. The number of benzene rings is 1. The SMILES string of the molecule is Cc1c(NC(C)c2sccc2Br)cccc1C(=O)O. The minimum absolute atomic E-state index is 0.122. The lowest BCUT2D eigenvalue weighted by Gasteiger charge is -2.17. The van der Waals surface area contributed by atoms with Crippen molar-refractivity contribution in [3.63, 3.8) is 0 Å². The van der Waals surface area contributed by atoms with Crippen molar-refractivity contribution in [2.45, 2.75) is 19.9 Å². The van der Waals surface area contributed by atoms with Crippen LogP contribution in [0.3, 0.4) is 0 Å². The highest BCUT2D eigenvalue weighted by Gasteiger charge is 2.14. The van der Waals surface area contributed by atoms with Crippen molar-refractivity contribution < 1.29 is 9.90 Å². The molecule has 0 aliphatic carbocycles. The molecule has 19 heavy (non-hydrogen) atoms. The van der Waals surface area contributed by atoms with Crippen molar-refractivity contribution >= 4 is 38.9 Å². The molecule has 1 unspecified atom stereocenters. The Morgan fingerprint density at radius 1 is 1.42 bits per heavy atom. The van der Waals surface area contributed by atoms with Gasteiger partial charge in [-0.2, -0.15) is 0 Å². The van der Waals surface area contributed by atoms with Crippen LogP contribution in [0.25, 0.3) is 0 Å². The molecule has 100 valence electrons. The summed E-state index contributed by atoms with van der Waals surface area (Å²) in [7, 11) is 0. The van der Waals surface area contributed by atoms with Crippen LogP contribution in [0.4, 0.5) is 5.69 Å². The second-order valence-electron chi connectivity index (χ2n) is 4.28. The Bertz CT molecular complexity index is 609. The molecule has 1 atom stereocenters. The maximum Gasteiger partial charge on any atom is 0.336 e. The van der Waals surface area contributed by atoms with Gasteiger partial charge >= 0.3 is 5.97 Å². The fraction of sp³-hybridized carbons (Fsp3) is 0.214. The zero-order valence-corrected chi connectivity index (χ0v) is 13.0. The third-order valence-electron chi connectivity index (χ3n) is 2.97. The average Bonchev–Trinajstić information content (AvgIpc) is 2.77. The van der Waals surface area contributed by atoms with Crippen molar-refractivity contribution in [1.82, 2.24) is 0 Å². The van der Waals surface area contributed by atoms with E-state index in [-0.39, 0.29) is 6.04 Å². The number of carboxylic acid groups (broad SMARTS) is 1. The lowest BCUT2D eigenvalue weighted by Crippen LogP contribution is -2.09. The quantitative estimate of drug-likeness (QED) is 0.849. The largest absolute Gasteiger partial charge is 0.478 e. The van der Waals surface area contributed by atoms with Gasteiger partial charge in [-0.25, -0.2) is 4.79 Å². The van der Waals surface area contributed by atoms with E-state index in [1.165, 1.54) is 4.88 Å². The van der Waals surface area contributed by atoms with Gasteiger partial charge in [-0.05, 0) is 58.9 Å².